The van der Waals surface area contributed by atoms with Crippen molar-refractivity contribution in [3.63, 3.8) is 0 Å². The van der Waals surface area contributed by atoms with E-state index in [1.807, 2.05) is 0 Å². The van der Waals surface area contributed by atoms with Crippen molar-refractivity contribution in [2.75, 3.05) is 19.0 Å². The van der Waals surface area contributed by atoms with Gasteiger partial charge in [-0.3, -0.25) is 9.59 Å². The molecule has 0 saturated carbocycles. The first-order chi connectivity index (χ1) is 17.5. The largest absolute Gasteiger partial charge is 0.444 e. The lowest BCUT2D eigenvalue weighted by Gasteiger charge is -2.23. The van der Waals surface area contributed by atoms with Gasteiger partial charge in [0, 0.05) is 36.0 Å². The third-order valence-corrected chi connectivity index (χ3v) is 5.42. The molecule has 11 heteroatoms. The van der Waals surface area contributed by atoms with Crippen molar-refractivity contribution < 1.29 is 23.5 Å². The predicted molar refractivity (Wildman–Crippen MR) is 137 cm³/mol. The molecule has 37 heavy (non-hydrogen) atoms. The Morgan fingerprint density at radius 1 is 1.14 bits per heavy atom. The van der Waals surface area contributed by atoms with Crippen LogP contribution in [0.2, 0.25) is 5.02 Å². The van der Waals surface area contributed by atoms with Crippen molar-refractivity contribution in [2.45, 2.75) is 38.3 Å². The van der Waals surface area contributed by atoms with Crippen molar-refractivity contribution in [3.8, 4) is 0 Å². The summed E-state index contributed by atoms with van der Waals surface area (Å²) in [4.78, 5) is 44.7. The number of rotatable bonds is 8. The van der Waals surface area contributed by atoms with Gasteiger partial charge in [0.05, 0.1) is 6.61 Å². The number of benzene rings is 1. The van der Waals surface area contributed by atoms with Crippen molar-refractivity contribution in [1.29, 1.82) is 0 Å². The Morgan fingerprint density at radius 3 is 2.49 bits per heavy atom. The molecule has 2 aromatic heterocycles. The summed E-state index contributed by atoms with van der Waals surface area (Å²) in [6.45, 7) is 5.20. The number of carbonyl (C=O) groups excluding carboxylic acids is 2. The fourth-order valence-corrected chi connectivity index (χ4v) is 3.70. The van der Waals surface area contributed by atoms with E-state index in [9.17, 15) is 18.8 Å². The SMILES string of the molecule is COC[C@H](c1ccnc(NC(=O)[C@@H](NC(=O)OC(C)(C)C)c2ccc(Cl)cc2)c1)c1cc(F)c[nH]c1=O. The molecule has 9 nitrogen and oxygen atoms in total. The van der Waals surface area contributed by atoms with Gasteiger partial charge < -0.3 is 25.1 Å². The summed E-state index contributed by atoms with van der Waals surface area (Å²) < 4.78 is 24.4. The lowest BCUT2D eigenvalue weighted by molar-refractivity contribution is -0.118. The number of methoxy groups -OCH3 is 1. The third-order valence-electron chi connectivity index (χ3n) is 5.17. The monoisotopic (exact) mass is 530 g/mol. The van der Waals surface area contributed by atoms with Crippen molar-refractivity contribution >= 4 is 29.4 Å². The molecule has 0 unspecified atom stereocenters. The smallest absolute Gasteiger partial charge is 0.408 e. The standard InChI is InChI=1S/C26H28ClFN4O5/c1-26(2,3)37-25(35)32-22(15-5-7-17(27)8-6-15)24(34)31-21-11-16(9-10-29-21)20(14-36-4)19-12-18(28)13-30-23(19)33/h5-13,20,22H,14H2,1-4H3,(H,30,33)(H,32,35)(H,29,31,34)/t20-,22+/m1/s1. The van der Waals surface area contributed by atoms with Gasteiger partial charge in [0.25, 0.3) is 11.5 Å². The number of ether oxygens (including phenoxy) is 2. The van der Waals surface area contributed by atoms with Crippen LogP contribution in [0.4, 0.5) is 15.0 Å². The molecule has 0 aliphatic heterocycles. The van der Waals surface area contributed by atoms with E-state index in [4.69, 9.17) is 21.1 Å². The Balaban J connectivity index is 1.90. The van der Waals surface area contributed by atoms with Gasteiger partial charge in [-0.05, 0) is 62.2 Å². The van der Waals surface area contributed by atoms with Gasteiger partial charge in [0.15, 0.2) is 0 Å². The Bertz CT molecular complexity index is 1310. The number of hydrogen-bond donors (Lipinski definition) is 3. The molecule has 3 rings (SSSR count). The number of nitrogens with one attached hydrogen (secondary N) is 3. The number of nitrogens with zero attached hydrogens (tertiary/aromatic N) is 1. The molecule has 0 saturated heterocycles. The van der Waals surface area contributed by atoms with Crippen LogP contribution >= 0.6 is 11.6 Å². The highest BCUT2D eigenvalue weighted by Crippen LogP contribution is 2.25. The van der Waals surface area contributed by atoms with Gasteiger partial charge in [0.2, 0.25) is 0 Å². The molecule has 0 aliphatic carbocycles. The molecule has 2 heterocycles. The molecular formula is C26H28ClFN4O5. The average Bonchev–Trinajstić information content (AvgIpc) is 2.82. The summed E-state index contributed by atoms with van der Waals surface area (Å²) in [6, 6.07) is 9.62. The second kappa shape index (κ2) is 12.0. The van der Waals surface area contributed by atoms with Gasteiger partial charge in [-0.15, -0.1) is 0 Å². The normalized spacial score (nSPS) is 12.9. The first kappa shape index (κ1) is 27.8. The summed E-state index contributed by atoms with van der Waals surface area (Å²) in [5, 5.41) is 5.72. The van der Waals surface area contributed by atoms with Gasteiger partial charge in [0.1, 0.15) is 23.3 Å². The van der Waals surface area contributed by atoms with Gasteiger partial charge in [-0.1, -0.05) is 23.7 Å². The number of H-pyrrole nitrogens is 1. The zero-order valence-corrected chi connectivity index (χ0v) is 21.6. The summed E-state index contributed by atoms with van der Waals surface area (Å²) in [6.07, 6.45) is 1.64. The van der Waals surface area contributed by atoms with Crippen LogP contribution in [-0.2, 0) is 14.3 Å². The van der Waals surface area contributed by atoms with E-state index >= 15 is 0 Å². The Kier molecular flexibility index (Phi) is 9.01. The Labute approximate surface area is 218 Å². The van der Waals surface area contributed by atoms with Crippen LogP contribution in [0, 0.1) is 5.82 Å². The minimum Gasteiger partial charge on any atom is -0.444 e. The van der Waals surface area contributed by atoms with E-state index in [2.05, 4.69) is 20.6 Å². The first-order valence-electron chi connectivity index (χ1n) is 11.4. The molecular weight excluding hydrogens is 503 g/mol. The zero-order chi connectivity index (χ0) is 27.2. The molecule has 0 fully saturated rings. The van der Waals surface area contributed by atoms with E-state index in [-0.39, 0.29) is 18.0 Å². The zero-order valence-electron chi connectivity index (χ0n) is 20.8. The lowest BCUT2D eigenvalue weighted by atomic mass is 9.93. The number of aromatic amines is 1. The van der Waals surface area contributed by atoms with E-state index in [0.717, 1.165) is 12.3 Å². The Morgan fingerprint density at radius 2 is 1.84 bits per heavy atom. The van der Waals surface area contributed by atoms with E-state index in [1.165, 1.54) is 13.3 Å². The quantitative estimate of drug-likeness (QED) is 0.393. The number of alkyl carbamates (subject to hydrolysis) is 1. The van der Waals surface area contributed by atoms with Crippen LogP contribution in [0.1, 0.15) is 49.4 Å². The van der Waals surface area contributed by atoms with Gasteiger partial charge >= 0.3 is 6.09 Å². The molecule has 3 aromatic rings. The number of carbonyl (C=O) groups is 2. The fraction of sp³-hybridized carbons (Fsp3) is 0.308. The van der Waals surface area contributed by atoms with Gasteiger partial charge in [-0.25, -0.2) is 14.2 Å². The van der Waals surface area contributed by atoms with Crippen molar-refractivity contribution in [2.24, 2.45) is 0 Å². The maximum atomic E-state index is 13.9. The minimum atomic E-state index is -1.13. The van der Waals surface area contributed by atoms with Crippen LogP contribution in [0.3, 0.4) is 0 Å². The fourth-order valence-electron chi connectivity index (χ4n) is 3.58. The number of aromatic nitrogens is 2. The topological polar surface area (TPSA) is 122 Å². The highest BCUT2D eigenvalue weighted by Gasteiger charge is 2.27. The molecule has 0 bridgehead atoms. The molecule has 196 valence electrons. The molecule has 2 atom stereocenters. The second-order valence-electron chi connectivity index (χ2n) is 9.20. The van der Waals surface area contributed by atoms with E-state index in [1.54, 1.807) is 57.2 Å². The minimum absolute atomic E-state index is 0.0809. The maximum Gasteiger partial charge on any atom is 0.408 e. The molecule has 1 aromatic carbocycles. The van der Waals surface area contributed by atoms with E-state index in [0.29, 0.717) is 16.1 Å². The van der Waals surface area contributed by atoms with Crippen molar-refractivity contribution in [1.82, 2.24) is 15.3 Å². The van der Waals surface area contributed by atoms with Crippen LogP contribution in [0.25, 0.3) is 0 Å². The number of amides is 2. The van der Waals surface area contributed by atoms with Crippen LogP contribution in [0.15, 0.2) is 59.7 Å². The summed E-state index contributed by atoms with van der Waals surface area (Å²) in [5.74, 6) is -1.67. The third kappa shape index (κ3) is 7.86. The number of hydrogen-bond acceptors (Lipinski definition) is 6. The molecule has 0 radical (unpaired) electrons. The predicted octanol–water partition coefficient (Wildman–Crippen LogP) is 4.55. The summed E-state index contributed by atoms with van der Waals surface area (Å²) >= 11 is 5.98. The number of halogens is 2. The highest BCUT2D eigenvalue weighted by atomic mass is 35.5. The van der Waals surface area contributed by atoms with Gasteiger partial charge in [-0.2, -0.15) is 0 Å². The van der Waals surface area contributed by atoms with Crippen LogP contribution in [0.5, 0.6) is 0 Å². The van der Waals surface area contributed by atoms with Crippen LogP contribution in [-0.4, -0.2) is 41.3 Å². The highest BCUT2D eigenvalue weighted by molar-refractivity contribution is 6.30. The second-order valence-corrected chi connectivity index (χ2v) is 9.64. The molecule has 2 amide bonds. The molecule has 0 aliphatic rings. The summed E-state index contributed by atoms with van der Waals surface area (Å²) in [5.41, 5.74) is -0.0448. The lowest BCUT2D eigenvalue weighted by Crippen LogP contribution is -2.40. The molecule has 3 N–H and O–H groups in total. The average molecular weight is 531 g/mol. The summed E-state index contributed by atoms with van der Waals surface area (Å²) in [7, 11) is 1.46. The maximum absolute atomic E-state index is 13.9. The number of anilines is 1. The number of pyridine rings is 2. The van der Waals surface area contributed by atoms with E-state index < -0.39 is 40.9 Å². The van der Waals surface area contributed by atoms with Crippen LogP contribution < -0.4 is 16.2 Å². The molecule has 0 spiro atoms. The Hall–Kier alpha value is -3.76. The van der Waals surface area contributed by atoms with Crippen molar-refractivity contribution in [3.05, 3.63) is 92.7 Å². The first-order valence-corrected chi connectivity index (χ1v) is 11.7.